The van der Waals surface area contributed by atoms with Crippen molar-refractivity contribution in [3.8, 4) is 0 Å². The van der Waals surface area contributed by atoms with Crippen molar-refractivity contribution in [2.75, 3.05) is 5.32 Å². The number of nitrogens with zero attached hydrogens (tertiary/aromatic N) is 2. The molecule has 0 aliphatic carbocycles. The Hall–Kier alpha value is -2.39. The molecule has 0 saturated heterocycles. The second-order valence-electron chi connectivity index (χ2n) is 4.66. The lowest BCUT2D eigenvalue weighted by Crippen LogP contribution is -2.01. The standard InChI is InChI=1S/C17H14ClN3/c18-16-12-15(11-13-7-3-1-4-8-13)20-17(21-16)19-14-9-5-2-6-10-14/h1-10,12H,11H2,(H,19,20,21). The lowest BCUT2D eigenvalue weighted by molar-refractivity contribution is 1.03. The molecule has 1 aromatic heterocycles. The molecule has 3 aromatic rings. The van der Waals surface area contributed by atoms with Gasteiger partial charge in [0.05, 0.1) is 5.69 Å². The average molecular weight is 296 g/mol. The van der Waals surface area contributed by atoms with E-state index in [1.54, 1.807) is 6.07 Å². The zero-order valence-electron chi connectivity index (χ0n) is 11.3. The highest BCUT2D eigenvalue weighted by molar-refractivity contribution is 6.29. The second kappa shape index (κ2) is 6.37. The van der Waals surface area contributed by atoms with Gasteiger partial charge in [-0.1, -0.05) is 60.1 Å². The summed E-state index contributed by atoms with van der Waals surface area (Å²) in [7, 11) is 0. The molecule has 0 spiro atoms. The first-order valence-corrected chi connectivity index (χ1v) is 7.07. The van der Waals surface area contributed by atoms with Gasteiger partial charge in [0.15, 0.2) is 0 Å². The molecule has 3 rings (SSSR count). The molecule has 0 radical (unpaired) electrons. The third-order valence-corrected chi connectivity index (χ3v) is 3.20. The minimum atomic E-state index is 0.439. The van der Waals surface area contributed by atoms with E-state index in [1.165, 1.54) is 5.56 Å². The number of aromatic nitrogens is 2. The Balaban J connectivity index is 1.83. The van der Waals surface area contributed by atoms with Crippen molar-refractivity contribution >= 4 is 23.2 Å². The van der Waals surface area contributed by atoms with Crippen LogP contribution in [-0.4, -0.2) is 9.97 Å². The van der Waals surface area contributed by atoms with Crippen LogP contribution in [0.2, 0.25) is 5.15 Å². The maximum atomic E-state index is 6.09. The fraction of sp³-hybridized carbons (Fsp3) is 0.0588. The van der Waals surface area contributed by atoms with Crippen molar-refractivity contribution in [3.05, 3.63) is 83.1 Å². The third-order valence-electron chi connectivity index (χ3n) is 3.01. The van der Waals surface area contributed by atoms with Gasteiger partial charge in [0.2, 0.25) is 5.95 Å². The molecule has 104 valence electrons. The fourth-order valence-corrected chi connectivity index (χ4v) is 2.27. The maximum Gasteiger partial charge on any atom is 0.228 e. The van der Waals surface area contributed by atoms with E-state index in [2.05, 4.69) is 27.4 Å². The predicted octanol–water partition coefficient (Wildman–Crippen LogP) is 4.46. The second-order valence-corrected chi connectivity index (χ2v) is 5.05. The summed E-state index contributed by atoms with van der Waals surface area (Å²) >= 11 is 6.09. The van der Waals surface area contributed by atoms with E-state index in [4.69, 9.17) is 11.6 Å². The number of benzene rings is 2. The van der Waals surface area contributed by atoms with Crippen molar-refractivity contribution in [1.29, 1.82) is 0 Å². The van der Waals surface area contributed by atoms with Crippen LogP contribution >= 0.6 is 11.6 Å². The smallest absolute Gasteiger partial charge is 0.228 e. The highest BCUT2D eigenvalue weighted by Gasteiger charge is 2.05. The van der Waals surface area contributed by atoms with Crippen LogP contribution in [0.1, 0.15) is 11.3 Å². The molecule has 0 aliphatic rings. The largest absolute Gasteiger partial charge is 0.324 e. The highest BCUT2D eigenvalue weighted by atomic mass is 35.5. The topological polar surface area (TPSA) is 37.8 Å². The van der Waals surface area contributed by atoms with E-state index in [9.17, 15) is 0 Å². The minimum absolute atomic E-state index is 0.439. The van der Waals surface area contributed by atoms with E-state index in [1.807, 2.05) is 48.5 Å². The monoisotopic (exact) mass is 295 g/mol. The molecule has 1 heterocycles. The van der Waals surface area contributed by atoms with E-state index in [0.717, 1.165) is 17.8 Å². The molecule has 2 aromatic carbocycles. The number of hydrogen-bond donors (Lipinski definition) is 1. The highest BCUT2D eigenvalue weighted by Crippen LogP contribution is 2.17. The Labute approximate surface area is 128 Å². The Morgan fingerprint density at radius 1 is 0.857 bits per heavy atom. The normalized spacial score (nSPS) is 10.3. The van der Waals surface area contributed by atoms with Crippen LogP contribution in [0.3, 0.4) is 0 Å². The van der Waals surface area contributed by atoms with Crippen molar-refractivity contribution in [1.82, 2.24) is 9.97 Å². The van der Waals surface area contributed by atoms with Gasteiger partial charge in [-0.3, -0.25) is 0 Å². The molecule has 0 saturated carbocycles. The van der Waals surface area contributed by atoms with Gasteiger partial charge in [0.1, 0.15) is 5.15 Å². The van der Waals surface area contributed by atoms with Crippen LogP contribution < -0.4 is 5.32 Å². The van der Waals surface area contributed by atoms with Crippen molar-refractivity contribution in [2.45, 2.75) is 6.42 Å². The van der Waals surface area contributed by atoms with Crippen molar-refractivity contribution < 1.29 is 0 Å². The number of para-hydroxylation sites is 1. The summed E-state index contributed by atoms with van der Waals surface area (Å²) in [5.41, 5.74) is 3.02. The lowest BCUT2D eigenvalue weighted by Gasteiger charge is -2.07. The molecule has 0 amide bonds. The van der Waals surface area contributed by atoms with Gasteiger partial charge in [0.25, 0.3) is 0 Å². The molecule has 1 N–H and O–H groups in total. The molecule has 0 unspecified atom stereocenters. The molecule has 0 bridgehead atoms. The van der Waals surface area contributed by atoms with Gasteiger partial charge in [-0.05, 0) is 23.8 Å². The Morgan fingerprint density at radius 2 is 1.52 bits per heavy atom. The SMILES string of the molecule is Clc1cc(Cc2ccccc2)nc(Nc2ccccc2)n1. The summed E-state index contributed by atoms with van der Waals surface area (Å²) in [5.74, 6) is 0.514. The molecule has 0 aliphatic heterocycles. The lowest BCUT2D eigenvalue weighted by atomic mass is 10.1. The Kier molecular flexibility index (Phi) is 4.12. The Bertz CT molecular complexity index is 655. The first kappa shape index (κ1) is 13.6. The fourth-order valence-electron chi connectivity index (χ4n) is 2.07. The first-order chi connectivity index (χ1) is 10.3. The van der Waals surface area contributed by atoms with Crippen molar-refractivity contribution in [3.63, 3.8) is 0 Å². The van der Waals surface area contributed by atoms with Gasteiger partial charge in [-0.2, -0.15) is 0 Å². The summed E-state index contributed by atoms with van der Waals surface area (Å²) in [6.07, 6.45) is 0.729. The van der Waals surface area contributed by atoms with Crippen LogP contribution in [0.15, 0.2) is 66.7 Å². The zero-order chi connectivity index (χ0) is 14.5. The first-order valence-electron chi connectivity index (χ1n) is 6.69. The average Bonchev–Trinajstić information content (AvgIpc) is 2.48. The van der Waals surface area contributed by atoms with E-state index in [-0.39, 0.29) is 0 Å². The quantitative estimate of drug-likeness (QED) is 0.722. The number of hydrogen-bond acceptors (Lipinski definition) is 3. The molecular formula is C17H14ClN3. The third kappa shape index (κ3) is 3.80. The molecule has 3 nitrogen and oxygen atoms in total. The molecule has 0 atom stereocenters. The minimum Gasteiger partial charge on any atom is -0.324 e. The summed E-state index contributed by atoms with van der Waals surface area (Å²) in [5, 5.41) is 3.60. The number of nitrogens with one attached hydrogen (secondary N) is 1. The summed E-state index contributed by atoms with van der Waals surface area (Å²) in [6.45, 7) is 0. The predicted molar refractivity (Wildman–Crippen MR) is 86.0 cm³/mol. The summed E-state index contributed by atoms with van der Waals surface area (Å²) in [4.78, 5) is 8.73. The molecule has 21 heavy (non-hydrogen) atoms. The van der Waals surface area contributed by atoms with Crippen LogP contribution in [-0.2, 0) is 6.42 Å². The number of rotatable bonds is 4. The van der Waals surface area contributed by atoms with Crippen LogP contribution in [0, 0.1) is 0 Å². The summed E-state index contributed by atoms with van der Waals surface area (Å²) < 4.78 is 0. The Morgan fingerprint density at radius 3 is 2.24 bits per heavy atom. The van der Waals surface area contributed by atoms with Gasteiger partial charge < -0.3 is 5.32 Å². The van der Waals surface area contributed by atoms with Crippen LogP contribution in [0.25, 0.3) is 0 Å². The van der Waals surface area contributed by atoms with Gasteiger partial charge in [-0.25, -0.2) is 9.97 Å². The molecule has 4 heteroatoms. The molecule has 0 fully saturated rings. The zero-order valence-corrected chi connectivity index (χ0v) is 12.1. The van der Waals surface area contributed by atoms with Crippen LogP contribution in [0.5, 0.6) is 0 Å². The van der Waals surface area contributed by atoms with Gasteiger partial charge in [-0.15, -0.1) is 0 Å². The van der Waals surface area contributed by atoms with Gasteiger partial charge >= 0.3 is 0 Å². The van der Waals surface area contributed by atoms with Crippen molar-refractivity contribution in [2.24, 2.45) is 0 Å². The van der Waals surface area contributed by atoms with E-state index < -0.39 is 0 Å². The van der Waals surface area contributed by atoms with Crippen LogP contribution in [0.4, 0.5) is 11.6 Å². The van der Waals surface area contributed by atoms with Gasteiger partial charge in [0, 0.05) is 12.1 Å². The van der Waals surface area contributed by atoms with E-state index in [0.29, 0.717) is 11.1 Å². The number of halogens is 1. The van der Waals surface area contributed by atoms with E-state index >= 15 is 0 Å². The number of anilines is 2. The maximum absolute atomic E-state index is 6.09. The molecular weight excluding hydrogens is 282 g/mol. The summed E-state index contributed by atoms with van der Waals surface area (Å²) in [6, 6.07) is 21.8.